The molecule has 1 aliphatic rings. The molecule has 34 heavy (non-hydrogen) atoms. The average molecular weight is 505 g/mol. The number of hydrogen-bond acceptors (Lipinski definition) is 3. The Hall–Kier alpha value is -2.24. The molecule has 2 aromatic carbocycles. The van der Waals surface area contributed by atoms with Crippen LogP contribution >= 0.6 is 23.2 Å². The van der Waals surface area contributed by atoms with Gasteiger partial charge in [-0.05, 0) is 54.5 Å². The van der Waals surface area contributed by atoms with E-state index in [9.17, 15) is 9.59 Å². The van der Waals surface area contributed by atoms with Crippen molar-refractivity contribution in [3.8, 4) is 5.75 Å². The summed E-state index contributed by atoms with van der Waals surface area (Å²) in [6, 6.07) is 12.4. The third-order valence-corrected chi connectivity index (χ3v) is 6.92. The first kappa shape index (κ1) is 26.4. The molecule has 1 N–H and O–H groups in total. The Kier molecular flexibility index (Phi) is 9.66. The van der Waals surface area contributed by atoms with Crippen LogP contribution in [-0.2, 0) is 16.1 Å². The Morgan fingerprint density at radius 1 is 1.12 bits per heavy atom. The van der Waals surface area contributed by atoms with Crippen molar-refractivity contribution in [3.63, 3.8) is 0 Å². The summed E-state index contributed by atoms with van der Waals surface area (Å²) in [5, 5.41) is 4.13. The Morgan fingerprint density at radius 2 is 1.82 bits per heavy atom. The van der Waals surface area contributed by atoms with Crippen LogP contribution < -0.4 is 10.1 Å². The summed E-state index contributed by atoms with van der Waals surface area (Å²) < 4.78 is 5.96. The molecule has 0 bridgehead atoms. The minimum atomic E-state index is -0.621. The van der Waals surface area contributed by atoms with Crippen LogP contribution in [0.1, 0.15) is 69.9 Å². The summed E-state index contributed by atoms with van der Waals surface area (Å²) >= 11 is 12.5. The van der Waals surface area contributed by atoms with Crippen molar-refractivity contribution in [2.45, 2.75) is 77.4 Å². The van der Waals surface area contributed by atoms with Crippen molar-refractivity contribution in [2.24, 2.45) is 0 Å². The quantitative estimate of drug-likeness (QED) is 0.409. The molecule has 0 heterocycles. The van der Waals surface area contributed by atoms with Crippen LogP contribution in [0.15, 0.2) is 42.5 Å². The molecule has 1 fully saturated rings. The van der Waals surface area contributed by atoms with Crippen molar-refractivity contribution in [2.75, 3.05) is 6.61 Å². The monoisotopic (exact) mass is 504 g/mol. The summed E-state index contributed by atoms with van der Waals surface area (Å²) in [4.78, 5) is 28.3. The van der Waals surface area contributed by atoms with Crippen LogP contribution in [-0.4, -0.2) is 35.4 Å². The maximum Gasteiger partial charge on any atom is 0.261 e. The van der Waals surface area contributed by atoms with Crippen molar-refractivity contribution < 1.29 is 14.3 Å². The van der Waals surface area contributed by atoms with Gasteiger partial charge in [0.1, 0.15) is 11.8 Å². The fourth-order valence-electron chi connectivity index (χ4n) is 4.43. The third kappa shape index (κ3) is 6.89. The van der Waals surface area contributed by atoms with Gasteiger partial charge in [-0.3, -0.25) is 9.59 Å². The minimum absolute atomic E-state index is 0.129. The third-order valence-electron chi connectivity index (χ3n) is 6.34. The number of para-hydroxylation sites is 1. The van der Waals surface area contributed by atoms with E-state index in [-0.39, 0.29) is 36.9 Å². The van der Waals surface area contributed by atoms with E-state index in [1.54, 1.807) is 23.1 Å². The zero-order valence-electron chi connectivity index (χ0n) is 20.2. The highest BCUT2D eigenvalue weighted by molar-refractivity contribution is 6.35. The molecule has 0 aliphatic heterocycles. The summed E-state index contributed by atoms with van der Waals surface area (Å²) in [6.45, 7) is 6.11. The number of rotatable bonds is 10. The van der Waals surface area contributed by atoms with Gasteiger partial charge in [-0.25, -0.2) is 0 Å². The first-order chi connectivity index (χ1) is 16.3. The summed E-state index contributed by atoms with van der Waals surface area (Å²) in [6.07, 6.45) is 4.68. The van der Waals surface area contributed by atoms with Crippen LogP contribution in [0.3, 0.4) is 0 Å². The van der Waals surface area contributed by atoms with E-state index in [0.717, 1.165) is 36.8 Å². The Bertz CT molecular complexity index is 990. The zero-order valence-corrected chi connectivity index (χ0v) is 21.7. The second-order valence-electron chi connectivity index (χ2n) is 9.15. The molecule has 2 aromatic rings. The van der Waals surface area contributed by atoms with Crippen molar-refractivity contribution >= 4 is 35.0 Å². The van der Waals surface area contributed by atoms with Gasteiger partial charge in [0.25, 0.3) is 5.91 Å². The van der Waals surface area contributed by atoms with Crippen molar-refractivity contribution in [3.05, 3.63) is 63.6 Å². The van der Waals surface area contributed by atoms with E-state index < -0.39 is 6.04 Å². The van der Waals surface area contributed by atoms with Gasteiger partial charge in [0.2, 0.25) is 5.91 Å². The average Bonchev–Trinajstić information content (AvgIpc) is 3.31. The number of ether oxygens (including phenoxy) is 1. The fraction of sp³-hybridized carbons (Fsp3) is 0.481. The molecule has 0 aromatic heterocycles. The first-order valence-corrected chi connectivity index (χ1v) is 12.8. The Morgan fingerprint density at radius 3 is 2.47 bits per heavy atom. The molecule has 0 radical (unpaired) electrons. The maximum atomic E-state index is 13.5. The summed E-state index contributed by atoms with van der Waals surface area (Å²) in [7, 11) is 0. The van der Waals surface area contributed by atoms with E-state index in [0.29, 0.717) is 22.2 Å². The largest absolute Gasteiger partial charge is 0.483 e. The van der Waals surface area contributed by atoms with Crippen LogP contribution in [0.5, 0.6) is 5.75 Å². The molecular weight excluding hydrogens is 471 g/mol. The predicted octanol–water partition coefficient (Wildman–Crippen LogP) is 6.36. The van der Waals surface area contributed by atoms with Gasteiger partial charge in [0, 0.05) is 22.6 Å². The molecule has 1 atom stereocenters. The highest BCUT2D eigenvalue weighted by Gasteiger charge is 2.31. The summed E-state index contributed by atoms with van der Waals surface area (Å²) in [5.41, 5.74) is 1.77. The van der Waals surface area contributed by atoms with Gasteiger partial charge < -0.3 is 15.0 Å². The van der Waals surface area contributed by atoms with Crippen LogP contribution in [0.4, 0.5) is 0 Å². The van der Waals surface area contributed by atoms with E-state index in [1.807, 2.05) is 31.2 Å². The van der Waals surface area contributed by atoms with Crippen LogP contribution in [0.2, 0.25) is 10.0 Å². The number of carbonyl (C=O) groups excluding carboxylic acids is 2. The second kappa shape index (κ2) is 12.5. The number of carbonyl (C=O) groups is 2. The number of halogens is 2. The van der Waals surface area contributed by atoms with Gasteiger partial charge in [0.15, 0.2) is 6.61 Å². The number of nitrogens with one attached hydrogen (secondary N) is 1. The predicted molar refractivity (Wildman–Crippen MR) is 138 cm³/mol. The molecule has 1 saturated carbocycles. The molecule has 0 spiro atoms. The van der Waals surface area contributed by atoms with E-state index in [1.165, 1.54) is 0 Å². The zero-order chi connectivity index (χ0) is 24.7. The molecule has 0 unspecified atom stereocenters. The van der Waals surface area contributed by atoms with Gasteiger partial charge in [0.05, 0.1) is 0 Å². The minimum Gasteiger partial charge on any atom is -0.483 e. The van der Waals surface area contributed by atoms with E-state index in [4.69, 9.17) is 27.9 Å². The van der Waals surface area contributed by atoms with E-state index in [2.05, 4.69) is 19.2 Å². The van der Waals surface area contributed by atoms with Crippen LogP contribution in [0.25, 0.3) is 0 Å². The molecule has 184 valence electrons. The molecule has 7 heteroatoms. The maximum absolute atomic E-state index is 13.5. The highest BCUT2D eigenvalue weighted by Crippen LogP contribution is 2.27. The number of hydrogen-bond donors (Lipinski definition) is 1. The highest BCUT2D eigenvalue weighted by atomic mass is 35.5. The smallest absolute Gasteiger partial charge is 0.261 e. The van der Waals surface area contributed by atoms with Crippen molar-refractivity contribution in [1.29, 1.82) is 0 Å². The van der Waals surface area contributed by atoms with Crippen LogP contribution in [0, 0.1) is 0 Å². The lowest BCUT2D eigenvalue weighted by atomic mass is 10.0. The van der Waals surface area contributed by atoms with Gasteiger partial charge >= 0.3 is 0 Å². The normalized spacial score (nSPS) is 14.8. The number of nitrogens with zero attached hydrogens (tertiary/aromatic N) is 1. The lowest BCUT2D eigenvalue weighted by Gasteiger charge is -2.31. The van der Waals surface area contributed by atoms with E-state index >= 15 is 0 Å². The molecule has 3 rings (SSSR count). The number of benzene rings is 2. The molecule has 5 nitrogen and oxygen atoms in total. The molecule has 1 aliphatic carbocycles. The van der Waals surface area contributed by atoms with Gasteiger partial charge in [-0.2, -0.15) is 0 Å². The summed E-state index contributed by atoms with van der Waals surface area (Å²) in [5.74, 6) is 0.544. The Balaban J connectivity index is 1.82. The SMILES string of the molecule is CC[C@@H](C(=O)NC1CCCC1)N(Cc1ccc(Cl)cc1Cl)C(=O)COc1ccccc1C(C)C. The molecule has 0 saturated heterocycles. The fourth-order valence-corrected chi connectivity index (χ4v) is 4.90. The Labute approximate surface area is 212 Å². The lowest BCUT2D eigenvalue weighted by Crippen LogP contribution is -2.52. The van der Waals surface area contributed by atoms with Crippen molar-refractivity contribution in [1.82, 2.24) is 10.2 Å². The second-order valence-corrected chi connectivity index (χ2v) is 10.00. The molecular formula is C27H34Cl2N2O3. The lowest BCUT2D eigenvalue weighted by molar-refractivity contribution is -0.143. The number of amides is 2. The first-order valence-electron chi connectivity index (χ1n) is 12.1. The van der Waals surface area contributed by atoms with Gasteiger partial charge in [-0.15, -0.1) is 0 Å². The van der Waals surface area contributed by atoms with Gasteiger partial charge in [-0.1, -0.05) is 81.1 Å². The topological polar surface area (TPSA) is 58.6 Å². The molecule has 2 amide bonds. The standard InChI is InChI=1S/C27H34Cl2N2O3/c1-4-24(27(33)30-21-9-5-6-10-21)31(16-19-13-14-20(28)15-23(19)29)26(32)17-34-25-12-8-7-11-22(25)18(2)3/h7-8,11-15,18,21,24H,4-6,9-10,16-17H2,1-3H3,(H,30,33)/t24-/m0/s1.